The maximum Gasteiger partial charge on any atom is 0.449 e. The van der Waals surface area contributed by atoms with Gasteiger partial charge in [0.15, 0.2) is 15.5 Å². The normalized spacial score (nSPS) is 21.2. The summed E-state index contributed by atoms with van der Waals surface area (Å²) in [5.74, 6) is -1.37. The van der Waals surface area contributed by atoms with Gasteiger partial charge in [0.25, 0.3) is 5.56 Å². The molecule has 2 aliphatic rings. The van der Waals surface area contributed by atoms with Crippen LogP contribution in [0, 0.1) is 0 Å². The first-order valence-electron chi connectivity index (χ1n) is 11.5. The zero-order valence-electron chi connectivity index (χ0n) is 19.1. The highest BCUT2D eigenvalue weighted by atomic mass is 32.1. The van der Waals surface area contributed by atoms with E-state index in [2.05, 4.69) is 15.3 Å². The number of alkyl halides is 3. The number of aromatic nitrogens is 3. The Hall–Kier alpha value is -2.99. The second-order valence-electron chi connectivity index (χ2n) is 9.02. The molecule has 2 unspecified atom stereocenters. The third kappa shape index (κ3) is 4.64. The summed E-state index contributed by atoms with van der Waals surface area (Å²) < 4.78 is 42.4. The number of halogens is 3. The molecule has 8 nitrogen and oxygen atoms in total. The highest BCUT2D eigenvalue weighted by Crippen LogP contribution is 2.36. The molecule has 0 radical (unpaired) electrons. The lowest BCUT2D eigenvalue weighted by molar-refractivity contribution is -0.148. The quantitative estimate of drug-likeness (QED) is 0.573. The van der Waals surface area contributed by atoms with Crippen molar-refractivity contribution in [2.45, 2.75) is 44.1 Å². The number of rotatable bonds is 5. The molecule has 0 bridgehead atoms. The lowest BCUT2D eigenvalue weighted by Crippen LogP contribution is -2.43. The molecular weight excluding hydrogens is 481 g/mol. The largest absolute Gasteiger partial charge is 0.449 e. The number of anilines is 1. The minimum atomic E-state index is -4.77. The van der Waals surface area contributed by atoms with Crippen molar-refractivity contribution in [1.29, 1.82) is 0 Å². The van der Waals surface area contributed by atoms with E-state index < -0.39 is 29.6 Å². The molecule has 12 heteroatoms. The van der Waals surface area contributed by atoms with Crippen LogP contribution in [0.15, 0.2) is 35.1 Å². The molecule has 3 aromatic rings. The molecule has 1 N–H and O–H groups in total. The Morgan fingerprint density at radius 3 is 2.63 bits per heavy atom. The molecule has 1 aromatic carbocycles. The van der Waals surface area contributed by atoms with Crippen molar-refractivity contribution in [2.75, 3.05) is 31.6 Å². The number of nitrogens with zero attached hydrogens (tertiary/aromatic N) is 5. The van der Waals surface area contributed by atoms with Crippen LogP contribution in [0.2, 0.25) is 0 Å². The topological polar surface area (TPSA) is 83.4 Å². The van der Waals surface area contributed by atoms with Crippen LogP contribution in [0.1, 0.15) is 36.7 Å². The van der Waals surface area contributed by atoms with Crippen molar-refractivity contribution in [3.05, 3.63) is 52.1 Å². The SMILES string of the molecule is CN1CCC(n2c(C(F)(F)F)nc3sc(N4CCCC4C(=O)NCc4ccccc4)nc3c2=O)C1. The predicted octanol–water partition coefficient (Wildman–Crippen LogP) is 3.03. The van der Waals surface area contributed by atoms with Crippen LogP contribution in [0.4, 0.5) is 18.3 Å². The summed E-state index contributed by atoms with van der Waals surface area (Å²) in [6.07, 6.45) is -3.01. The number of likely N-dealkylation sites (tertiary alicyclic amines) is 1. The average Bonchev–Trinajstić information content (AvgIpc) is 3.56. The van der Waals surface area contributed by atoms with Crippen LogP contribution in [-0.2, 0) is 17.5 Å². The highest BCUT2D eigenvalue weighted by molar-refractivity contribution is 7.21. The molecule has 2 aromatic heterocycles. The smallest absolute Gasteiger partial charge is 0.350 e. The van der Waals surface area contributed by atoms with Gasteiger partial charge in [0.1, 0.15) is 6.04 Å². The van der Waals surface area contributed by atoms with Crippen molar-refractivity contribution in [2.24, 2.45) is 0 Å². The number of amides is 1. The zero-order valence-corrected chi connectivity index (χ0v) is 19.9. The van der Waals surface area contributed by atoms with E-state index in [1.165, 1.54) is 0 Å². The molecule has 186 valence electrons. The molecule has 5 rings (SSSR count). The van der Waals surface area contributed by atoms with Gasteiger partial charge in [-0.05, 0) is 38.4 Å². The van der Waals surface area contributed by atoms with E-state index in [0.717, 1.165) is 27.9 Å². The van der Waals surface area contributed by atoms with E-state index >= 15 is 0 Å². The van der Waals surface area contributed by atoms with Crippen LogP contribution in [0.5, 0.6) is 0 Å². The molecule has 35 heavy (non-hydrogen) atoms. The number of fused-ring (bicyclic) bond motifs is 1. The third-order valence-electron chi connectivity index (χ3n) is 6.55. The van der Waals surface area contributed by atoms with Crippen molar-refractivity contribution in [3.8, 4) is 0 Å². The maximum atomic E-state index is 13.9. The first kappa shape index (κ1) is 23.7. The summed E-state index contributed by atoms with van der Waals surface area (Å²) in [7, 11) is 1.81. The fourth-order valence-corrected chi connectivity index (χ4v) is 5.84. The van der Waals surface area contributed by atoms with Crippen LogP contribution < -0.4 is 15.8 Å². The molecule has 1 amide bonds. The summed E-state index contributed by atoms with van der Waals surface area (Å²) in [6, 6.07) is 8.39. The Kier molecular flexibility index (Phi) is 6.26. The summed E-state index contributed by atoms with van der Waals surface area (Å²) >= 11 is 0.926. The maximum absolute atomic E-state index is 13.9. The Morgan fingerprint density at radius 1 is 1.17 bits per heavy atom. The molecule has 0 aliphatic carbocycles. The van der Waals surface area contributed by atoms with Gasteiger partial charge in [-0.25, -0.2) is 9.97 Å². The van der Waals surface area contributed by atoms with E-state index in [9.17, 15) is 22.8 Å². The summed E-state index contributed by atoms with van der Waals surface area (Å²) in [4.78, 5) is 38.0. The van der Waals surface area contributed by atoms with Crippen LogP contribution in [0.3, 0.4) is 0 Å². The first-order valence-corrected chi connectivity index (χ1v) is 12.3. The number of carbonyl (C=O) groups is 1. The second-order valence-corrected chi connectivity index (χ2v) is 9.97. The van der Waals surface area contributed by atoms with E-state index in [1.807, 2.05) is 42.3 Å². The van der Waals surface area contributed by atoms with Crippen molar-refractivity contribution >= 4 is 32.7 Å². The number of benzene rings is 1. The Balaban J connectivity index is 1.46. The molecule has 0 spiro atoms. The zero-order chi connectivity index (χ0) is 24.7. The Bertz CT molecular complexity index is 1290. The van der Waals surface area contributed by atoms with Gasteiger partial charge in [-0.3, -0.25) is 14.2 Å². The lowest BCUT2D eigenvalue weighted by atomic mass is 10.2. The Morgan fingerprint density at radius 2 is 1.94 bits per heavy atom. The van der Waals surface area contributed by atoms with Crippen molar-refractivity contribution in [3.63, 3.8) is 0 Å². The summed E-state index contributed by atoms with van der Waals surface area (Å²) in [5.41, 5.74) is 0.102. The minimum Gasteiger partial charge on any atom is -0.350 e. The predicted molar refractivity (Wildman–Crippen MR) is 126 cm³/mol. The first-order chi connectivity index (χ1) is 16.7. The fourth-order valence-electron chi connectivity index (χ4n) is 4.83. The van der Waals surface area contributed by atoms with Gasteiger partial charge in [0, 0.05) is 19.6 Å². The fraction of sp³-hybridized carbons (Fsp3) is 0.478. The number of carbonyl (C=O) groups excluding carboxylic acids is 1. The van der Waals surface area contributed by atoms with Gasteiger partial charge in [0.2, 0.25) is 11.7 Å². The van der Waals surface area contributed by atoms with Crippen molar-refractivity contribution in [1.82, 2.24) is 24.8 Å². The van der Waals surface area contributed by atoms with Gasteiger partial charge in [-0.15, -0.1) is 0 Å². The second kappa shape index (κ2) is 9.23. The molecule has 2 saturated heterocycles. The van der Waals surface area contributed by atoms with Gasteiger partial charge in [0.05, 0.1) is 6.04 Å². The van der Waals surface area contributed by atoms with Gasteiger partial charge in [-0.1, -0.05) is 41.7 Å². The number of likely N-dealkylation sites (N-methyl/N-ethyl adjacent to an activating group) is 1. The third-order valence-corrected chi connectivity index (χ3v) is 7.54. The van der Waals surface area contributed by atoms with E-state index in [1.54, 1.807) is 4.90 Å². The van der Waals surface area contributed by atoms with E-state index in [4.69, 9.17) is 0 Å². The molecular formula is C23H25F3N6O2S. The number of nitrogens with one attached hydrogen (secondary N) is 1. The van der Waals surface area contributed by atoms with Crippen LogP contribution in [-0.4, -0.2) is 58.1 Å². The minimum absolute atomic E-state index is 0.0599. The number of hydrogen-bond acceptors (Lipinski definition) is 7. The van der Waals surface area contributed by atoms with Crippen LogP contribution >= 0.6 is 11.3 Å². The lowest BCUT2D eigenvalue weighted by Gasteiger charge is -2.23. The van der Waals surface area contributed by atoms with E-state index in [-0.39, 0.29) is 16.3 Å². The molecule has 2 fully saturated rings. The number of thiazole rings is 1. The van der Waals surface area contributed by atoms with Gasteiger partial charge >= 0.3 is 6.18 Å². The molecule has 4 heterocycles. The van der Waals surface area contributed by atoms with E-state index in [0.29, 0.717) is 44.2 Å². The van der Waals surface area contributed by atoms with Gasteiger partial charge in [-0.2, -0.15) is 13.2 Å². The number of hydrogen-bond donors (Lipinski definition) is 1. The molecule has 2 atom stereocenters. The summed E-state index contributed by atoms with van der Waals surface area (Å²) in [5, 5.41) is 3.27. The molecule has 0 saturated carbocycles. The highest BCUT2D eigenvalue weighted by Gasteiger charge is 2.41. The van der Waals surface area contributed by atoms with Gasteiger partial charge < -0.3 is 15.1 Å². The standard InChI is InChI=1S/C23H25F3N6O2S/c1-30-11-9-15(13-30)32-20(34)17-19(29-21(32)23(24,25)26)35-22(28-17)31-10-5-8-16(31)18(33)27-12-14-6-3-2-4-7-14/h2-4,6-7,15-16H,5,8-13H2,1H3,(H,27,33). The average molecular weight is 507 g/mol. The monoisotopic (exact) mass is 506 g/mol. The molecule has 2 aliphatic heterocycles. The van der Waals surface area contributed by atoms with Crippen molar-refractivity contribution < 1.29 is 18.0 Å². The Labute approximate surface area is 203 Å². The van der Waals surface area contributed by atoms with Crippen LogP contribution in [0.25, 0.3) is 10.3 Å². The summed E-state index contributed by atoms with van der Waals surface area (Å²) in [6.45, 7) is 1.84.